The molecule has 1 saturated heterocycles. The maximum Gasteiger partial charge on any atom is 0.409 e. The van der Waals surface area contributed by atoms with Crippen LogP contribution in [0.5, 0.6) is 0 Å². The van der Waals surface area contributed by atoms with Crippen LogP contribution in [0.4, 0.5) is 4.79 Å². The van der Waals surface area contributed by atoms with Crippen LogP contribution in [0, 0.1) is 0 Å². The topological polar surface area (TPSA) is 78.9 Å². The van der Waals surface area contributed by atoms with Crippen molar-refractivity contribution in [2.45, 2.75) is 51.6 Å². The fourth-order valence-electron chi connectivity index (χ4n) is 2.62. The lowest BCUT2D eigenvalue weighted by molar-refractivity contribution is 0.111. The molecular weight excluding hydrogens is 465 g/mol. The molecule has 0 saturated carbocycles. The zero-order chi connectivity index (χ0) is 18.4. The molecule has 1 aromatic rings. The third kappa shape index (κ3) is 6.57. The van der Waals surface area contributed by atoms with E-state index in [2.05, 4.69) is 46.8 Å². The lowest BCUT2D eigenvalue weighted by atomic mass is 9.93. The van der Waals surface area contributed by atoms with E-state index in [9.17, 15) is 4.79 Å². The Balaban J connectivity index is 0.00000338. The number of aromatic nitrogens is 1. The third-order valence-corrected chi connectivity index (χ3v) is 5.07. The Bertz CT molecular complexity index is 607. The molecule has 2 rings (SSSR count). The molecule has 9 heteroatoms. The molecule has 148 valence electrons. The minimum atomic E-state index is -0.251. The molecular formula is C17H30IN5O2S. The van der Waals surface area contributed by atoms with Gasteiger partial charge in [-0.1, -0.05) is 20.8 Å². The number of hydrogen-bond acceptors (Lipinski definition) is 5. The molecule has 2 N–H and O–H groups in total. The number of aliphatic imine (C=N–C) groups is 1. The Morgan fingerprint density at radius 1 is 1.42 bits per heavy atom. The van der Waals surface area contributed by atoms with Crippen molar-refractivity contribution < 1.29 is 9.53 Å². The summed E-state index contributed by atoms with van der Waals surface area (Å²) in [6.07, 6.45) is 1.50. The van der Waals surface area contributed by atoms with Gasteiger partial charge in [0.25, 0.3) is 0 Å². The highest BCUT2D eigenvalue weighted by Crippen LogP contribution is 2.23. The highest BCUT2D eigenvalue weighted by Gasteiger charge is 2.23. The van der Waals surface area contributed by atoms with Crippen molar-refractivity contribution in [2.24, 2.45) is 4.99 Å². The Hall–Kier alpha value is -1.10. The van der Waals surface area contributed by atoms with Crippen LogP contribution in [0.2, 0.25) is 0 Å². The first kappa shape index (κ1) is 22.9. The average molecular weight is 495 g/mol. The van der Waals surface area contributed by atoms with Crippen LogP contribution in [0.1, 0.15) is 44.3 Å². The number of halogens is 1. The van der Waals surface area contributed by atoms with Crippen LogP contribution in [0.25, 0.3) is 0 Å². The van der Waals surface area contributed by atoms with Crippen LogP contribution in [-0.4, -0.2) is 55.2 Å². The second-order valence-electron chi connectivity index (χ2n) is 7.18. The molecule has 1 aromatic heterocycles. The van der Waals surface area contributed by atoms with E-state index >= 15 is 0 Å². The molecule has 0 unspecified atom stereocenters. The van der Waals surface area contributed by atoms with E-state index in [1.807, 2.05) is 0 Å². The highest BCUT2D eigenvalue weighted by atomic mass is 127. The molecule has 0 aliphatic carbocycles. The number of methoxy groups -OCH3 is 1. The molecule has 1 fully saturated rings. The summed E-state index contributed by atoms with van der Waals surface area (Å²) in [5.41, 5.74) is 1.19. The van der Waals surface area contributed by atoms with Gasteiger partial charge < -0.3 is 20.3 Å². The van der Waals surface area contributed by atoms with Gasteiger partial charge in [-0.3, -0.25) is 4.99 Å². The summed E-state index contributed by atoms with van der Waals surface area (Å²) in [5.74, 6) is 0.768. The van der Waals surface area contributed by atoms with Crippen LogP contribution in [0.3, 0.4) is 0 Å². The van der Waals surface area contributed by atoms with Gasteiger partial charge in [0.15, 0.2) is 5.96 Å². The van der Waals surface area contributed by atoms with Crippen molar-refractivity contribution in [2.75, 3.05) is 27.2 Å². The molecule has 0 atom stereocenters. The first-order valence-electron chi connectivity index (χ1n) is 8.58. The monoisotopic (exact) mass is 495 g/mol. The summed E-state index contributed by atoms with van der Waals surface area (Å²) in [6.45, 7) is 8.55. The zero-order valence-corrected chi connectivity index (χ0v) is 19.3. The van der Waals surface area contributed by atoms with Crippen molar-refractivity contribution in [1.82, 2.24) is 20.5 Å². The van der Waals surface area contributed by atoms with Crippen molar-refractivity contribution in [3.63, 3.8) is 0 Å². The number of amides is 1. The minimum Gasteiger partial charge on any atom is -0.453 e. The SMILES string of the molecule is CN=C(NCc1nc(C(C)(C)C)cs1)NC1CCN(C(=O)OC)CC1.I. The molecule has 1 aliphatic rings. The Labute approximate surface area is 177 Å². The molecule has 1 amide bonds. The lowest BCUT2D eigenvalue weighted by Gasteiger charge is -2.32. The van der Waals surface area contributed by atoms with Crippen LogP contribution < -0.4 is 10.6 Å². The van der Waals surface area contributed by atoms with Crippen LogP contribution in [-0.2, 0) is 16.7 Å². The highest BCUT2D eigenvalue weighted by molar-refractivity contribution is 14.0. The summed E-state index contributed by atoms with van der Waals surface area (Å²) in [7, 11) is 3.18. The average Bonchev–Trinajstić information content (AvgIpc) is 3.08. The van der Waals surface area contributed by atoms with E-state index in [0.29, 0.717) is 25.7 Å². The van der Waals surface area contributed by atoms with Gasteiger partial charge in [0.1, 0.15) is 5.01 Å². The number of rotatable bonds is 3. The van der Waals surface area contributed by atoms with Gasteiger partial charge in [-0.15, -0.1) is 35.3 Å². The molecule has 0 aromatic carbocycles. The summed E-state index contributed by atoms with van der Waals surface area (Å²) in [4.78, 5) is 22.2. The van der Waals surface area contributed by atoms with E-state index < -0.39 is 0 Å². The van der Waals surface area contributed by atoms with E-state index in [0.717, 1.165) is 29.5 Å². The smallest absolute Gasteiger partial charge is 0.409 e. The number of carbonyl (C=O) groups excluding carboxylic acids is 1. The number of ether oxygens (including phenoxy) is 1. The summed E-state index contributed by atoms with van der Waals surface area (Å²) in [5, 5.41) is 9.92. The second-order valence-corrected chi connectivity index (χ2v) is 8.12. The van der Waals surface area contributed by atoms with Gasteiger partial charge in [-0.25, -0.2) is 9.78 Å². The van der Waals surface area contributed by atoms with Crippen molar-refractivity contribution in [3.8, 4) is 0 Å². The first-order valence-corrected chi connectivity index (χ1v) is 9.46. The largest absolute Gasteiger partial charge is 0.453 e. The van der Waals surface area contributed by atoms with Gasteiger partial charge in [-0.2, -0.15) is 0 Å². The Morgan fingerprint density at radius 3 is 2.58 bits per heavy atom. The fourth-order valence-corrected chi connectivity index (χ4v) is 3.58. The van der Waals surface area contributed by atoms with Crippen molar-refractivity contribution >= 4 is 47.4 Å². The molecule has 0 bridgehead atoms. The van der Waals surface area contributed by atoms with Gasteiger partial charge in [0.05, 0.1) is 19.3 Å². The summed E-state index contributed by atoms with van der Waals surface area (Å²) in [6, 6.07) is 0.300. The van der Waals surface area contributed by atoms with Gasteiger partial charge in [0.2, 0.25) is 0 Å². The molecule has 1 aliphatic heterocycles. The number of hydrogen-bond donors (Lipinski definition) is 2. The predicted molar refractivity (Wildman–Crippen MR) is 117 cm³/mol. The molecule has 7 nitrogen and oxygen atoms in total. The lowest BCUT2D eigenvalue weighted by Crippen LogP contribution is -2.49. The Morgan fingerprint density at radius 2 is 2.08 bits per heavy atom. The molecule has 0 spiro atoms. The first-order chi connectivity index (χ1) is 11.8. The zero-order valence-electron chi connectivity index (χ0n) is 16.2. The number of carbonyl (C=O) groups is 1. The summed E-state index contributed by atoms with van der Waals surface area (Å²) >= 11 is 1.67. The van der Waals surface area contributed by atoms with Gasteiger partial charge in [-0.05, 0) is 12.8 Å². The third-order valence-electron chi connectivity index (χ3n) is 4.22. The fraction of sp³-hybridized carbons (Fsp3) is 0.706. The van der Waals surface area contributed by atoms with E-state index in [1.165, 1.54) is 7.11 Å². The number of guanidine groups is 1. The number of thiazole rings is 1. The van der Waals surface area contributed by atoms with E-state index in [1.54, 1.807) is 23.3 Å². The van der Waals surface area contributed by atoms with Crippen molar-refractivity contribution in [3.05, 3.63) is 16.1 Å². The second kappa shape index (κ2) is 10.3. The number of likely N-dealkylation sites (tertiary alicyclic amines) is 1. The maximum absolute atomic E-state index is 11.5. The quantitative estimate of drug-likeness (QED) is 0.383. The number of nitrogens with one attached hydrogen (secondary N) is 2. The standard InChI is InChI=1S/C17H29N5O2S.HI/c1-17(2,3)13-11-25-14(21-13)10-19-15(18-4)20-12-6-8-22(9-7-12)16(23)24-5;/h11-12H,6-10H2,1-5H3,(H2,18,19,20);1H. The molecule has 2 heterocycles. The molecule has 26 heavy (non-hydrogen) atoms. The molecule has 0 radical (unpaired) electrons. The predicted octanol–water partition coefficient (Wildman–Crippen LogP) is 2.95. The summed E-state index contributed by atoms with van der Waals surface area (Å²) < 4.78 is 4.77. The van der Waals surface area contributed by atoms with E-state index in [4.69, 9.17) is 4.74 Å². The van der Waals surface area contributed by atoms with Gasteiger partial charge in [0, 0.05) is 37.0 Å². The van der Waals surface area contributed by atoms with Gasteiger partial charge >= 0.3 is 6.09 Å². The Kier molecular flexibility index (Phi) is 9.08. The van der Waals surface area contributed by atoms with Crippen LogP contribution in [0.15, 0.2) is 10.4 Å². The van der Waals surface area contributed by atoms with Crippen LogP contribution >= 0.6 is 35.3 Å². The maximum atomic E-state index is 11.5. The van der Waals surface area contributed by atoms with Crippen molar-refractivity contribution in [1.29, 1.82) is 0 Å². The normalized spacial score (nSPS) is 16.0. The number of piperidine rings is 1. The van der Waals surface area contributed by atoms with E-state index in [-0.39, 0.29) is 35.5 Å². The minimum absolute atomic E-state index is 0. The number of nitrogens with zero attached hydrogens (tertiary/aromatic N) is 3.